The lowest BCUT2D eigenvalue weighted by molar-refractivity contribution is -0.132. The van der Waals surface area contributed by atoms with E-state index in [2.05, 4.69) is 20.6 Å². The highest BCUT2D eigenvalue weighted by molar-refractivity contribution is 6.12. The van der Waals surface area contributed by atoms with E-state index in [1.807, 2.05) is 60.7 Å². The Balaban J connectivity index is 1.86. The van der Waals surface area contributed by atoms with Crippen molar-refractivity contribution in [2.24, 2.45) is 67.3 Å². The number of aliphatic imine (C=N–C) groups is 2. The average Bonchev–Trinajstić information content (AvgIpc) is 3.25. The number of benzene rings is 2. The van der Waals surface area contributed by atoms with Gasteiger partial charge in [0.15, 0.2) is 34.6 Å². The zero-order valence-electron chi connectivity index (χ0n) is 37.2. The van der Waals surface area contributed by atoms with Crippen LogP contribution in [0.4, 0.5) is 0 Å². The lowest BCUT2D eigenvalue weighted by Gasteiger charge is -2.32. The molecule has 0 aliphatic rings. The number of carbonyl (C=O) groups excluding carboxylic acids is 4. The molecule has 4 atom stereocenters. The first-order chi connectivity index (χ1) is 30.2. The number of Topliss-reactive ketones (excluding diaryl/α,β-unsaturated/α-hetero) is 2. The molecular formula is C44H74N16O4. The van der Waals surface area contributed by atoms with Gasteiger partial charge in [0.05, 0.1) is 12.1 Å². The van der Waals surface area contributed by atoms with Crippen LogP contribution in [0, 0.1) is 10.8 Å². The van der Waals surface area contributed by atoms with Gasteiger partial charge in [0, 0.05) is 19.5 Å². The number of guanidine groups is 2. The Kier molecular flexibility index (Phi) is 23.1. The van der Waals surface area contributed by atoms with Gasteiger partial charge in [-0.3, -0.25) is 40.0 Å². The van der Waals surface area contributed by atoms with Crippen LogP contribution in [0.15, 0.2) is 70.6 Å². The van der Waals surface area contributed by atoms with Crippen molar-refractivity contribution in [2.75, 3.05) is 13.1 Å². The summed E-state index contributed by atoms with van der Waals surface area (Å²) in [6.45, 7) is 0.368. The fraction of sp³-hybridized carbons (Fsp3) is 0.545. The number of nitrogens with two attached hydrogens (primary N) is 10. The van der Waals surface area contributed by atoms with Crippen molar-refractivity contribution in [3.8, 4) is 0 Å². The summed E-state index contributed by atoms with van der Waals surface area (Å²) in [5.74, 6) is -3.53. The van der Waals surface area contributed by atoms with Gasteiger partial charge in [-0.2, -0.15) is 0 Å². The summed E-state index contributed by atoms with van der Waals surface area (Å²) in [5.41, 5.74) is 54.7. The smallest absolute Gasteiger partial charge is 0.248 e. The summed E-state index contributed by atoms with van der Waals surface area (Å²) in [4.78, 5) is 62.1. The van der Waals surface area contributed by atoms with Crippen LogP contribution in [0.5, 0.6) is 0 Å². The molecule has 0 aliphatic carbocycles. The minimum atomic E-state index is -1.92. The second-order valence-electron chi connectivity index (χ2n) is 16.6. The Hall–Kier alpha value is -5.96. The van der Waals surface area contributed by atoms with Crippen LogP contribution in [-0.4, -0.2) is 88.9 Å². The molecular weight excluding hydrogens is 817 g/mol. The van der Waals surface area contributed by atoms with E-state index >= 15 is 0 Å². The molecule has 354 valence electrons. The molecule has 0 heterocycles. The zero-order chi connectivity index (χ0) is 47.8. The molecule has 0 bridgehead atoms. The third-order valence-corrected chi connectivity index (χ3v) is 11.2. The van der Waals surface area contributed by atoms with Crippen LogP contribution in [0.25, 0.3) is 0 Å². The van der Waals surface area contributed by atoms with Gasteiger partial charge in [0.2, 0.25) is 11.8 Å². The van der Waals surface area contributed by atoms with Gasteiger partial charge < -0.3 is 68.0 Å². The SMILES string of the molecule is N=C(N)[C@](N)(CCCN=C(N)N)C(=O)N[C@@H](Cc1ccccc1)C(=O)CCCCCCCCCCCC(N)(N)C(=O)[C@H](Cc1ccccc1)NC(=O)[C@@](N)(CCCN=C(N)N)C(=N)N. The van der Waals surface area contributed by atoms with Gasteiger partial charge in [-0.25, -0.2) is 0 Å². The number of ketones is 2. The average molecular weight is 891 g/mol. The van der Waals surface area contributed by atoms with Crippen LogP contribution in [0.3, 0.4) is 0 Å². The third kappa shape index (κ3) is 18.8. The van der Waals surface area contributed by atoms with Gasteiger partial charge in [-0.05, 0) is 68.9 Å². The maximum Gasteiger partial charge on any atom is 0.248 e. The summed E-state index contributed by atoms with van der Waals surface area (Å²) < 4.78 is 0. The number of carbonyl (C=O) groups is 4. The maximum atomic E-state index is 13.9. The molecule has 0 aliphatic heterocycles. The number of unbranched alkanes of at least 4 members (excludes halogenated alkanes) is 8. The number of rotatable bonds is 33. The first-order valence-corrected chi connectivity index (χ1v) is 21.9. The number of amidine groups is 2. The number of hydrogen-bond acceptors (Lipinski definition) is 12. The van der Waals surface area contributed by atoms with Crippen molar-refractivity contribution in [2.45, 2.75) is 138 Å². The molecule has 0 saturated carbocycles. The summed E-state index contributed by atoms with van der Waals surface area (Å²) in [6.07, 6.45) is 8.93. The molecule has 0 spiro atoms. The van der Waals surface area contributed by atoms with E-state index in [9.17, 15) is 19.2 Å². The van der Waals surface area contributed by atoms with Crippen LogP contribution >= 0.6 is 0 Å². The second kappa shape index (κ2) is 27.3. The maximum absolute atomic E-state index is 13.9. The fourth-order valence-corrected chi connectivity index (χ4v) is 7.18. The quantitative estimate of drug-likeness (QED) is 0.0192. The van der Waals surface area contributed by atoms with Crippen molar-refractivity contribution in [3.63, 3.8) is 0 Å². The van der Waals surface area contributed by atoms with E-state index in [0.717, 1.165) is 56.1 Å². The van der Waals surface area contributed by atoms with Crippen molar-refractivity contribution in [1.29, 1.82) is 10.8 Å². The Morgan fingerprint density at radius 3 is 1.30 bits per heavy atom. The van der Waals surface area contributed by atoms with E-state index in [0.29, 0.717) is 19.3 Å². The second-order valence-corrected chi connectivity index (χ2v) is 16.6. The molecule has 20 heteroatoms. The molecule has 0 fully saturated rings. The van der Waals surface area contributed by atoms with E-state index in [-0.39, 0.29) is 75.7 Å². The normalized spacial score (nSPS) is 14.1. The fourth-order valence-electron chi connectivity index (χ4n) is 7.18. The van der Waals surface area contributed by atoms with Crippen molar-refractivity contribution in [1.82, 2.24) is 10.6 Å². The molecule has 0 unspecified atom stereocenters. The van der Waals surface area contributed by atoms with Gasteiger partial charge in [-0.15, -0.1) is 0 Å². The van der Waals surface area contributed by atoms with E-state index in [1.54, 1.807) is 0 Å². The van der Waals surface area contributed by atoms with Gasteiger partial charge in [0.1, 0.15) is 17.3 Å². The van der Waals surface area contributed by atoms with Crippen LogP contribution in [0.1, 0.15) is 107 Å². The number of nitrogens with one attached hydrogen (secondary N) is 4. The standard InChI is InChI=1S/C44H74N16O4/c45-36(46)42(53,23-16-26-57-40(49)50)38(63)59-32(28-30-18-10-8-11-19-30)34(61)22-14-6-4-2-1-3-5-7-15-25-44(55,56)35(62)33(29-31-20-12-9-13-21-31)60-39(64)43(54,37(47)48)24-17-27-58-41(51)52/h8-13,18-21,32-33H,1-7,14-17,22-29,53-56H2,(H3,45,46)(H3,47,48)(H,59,63)(H,60,64)(H4,49,50,57)(H4,51,52,58)/t32-,33-,42+,43+/m0/s1. The van der Waals surface area contributed by atoms with Gasteiger partial charge in [0.25, 0.3) is 0 Å². The van der Waals surface area contributed by atoms with Crippen LogP contribution < -0.4 is 68.0 Å². The number of nitrogens with zero attached hydrogens (tertiary/aromatic N) is 2. The van der Waals surface area contributed by atoms with Crippen molar-refractivity contribution in [3.05, 3.63) is 71.8 Å². The Morgan fingerprint density at radius 2 is 0.891 bits per heavy atom. The van der Waals surface area contributed by atoms with Crippen LogP contribution in [-0.2, 0) is 32.0 Å². The minimum absolute atomic E-state index is 0.0139. The summed E-state index contributed by atoms with van der Waals surface area (Å²) in [5, 5.41) is 21.6. The molecule has 0 radical (unpaired) electrons. The van der Waals surface area contributed by atoms with Crippen molar-refractivity contribution >= 4 is 47.0 Å². The zero-order valence-corrected chi connectivity index (χ0v) is 37.2. The molecule has 2 amide bonds. The summed E-state index contributed by atoms with van der Waals surface area (Å²) in [6, 6.07) is 16.4. The predicted molar refractivity (Wildman–Crippen MR) is 254 cm³/mol. The van der Waals surface area contributed by atoms with Gasteiger partial charge in [-0.1, -0.05) is 106 Å². The number of hydrogen-bond donors (Lipinski definition) is 14. The minimum Gasteiger partial charge on any atom is -0.386 e. The third-order valence-electron chi connectivity index (χ3n) is 11.2. The topological polar surface area (TPSA) is 425 Å². The van der Waals surface area contributed by atoms with Gasteiger partial charge >= 0.3 is 0 Å². The largest absolute Gasteiger partial charge is 0.386 e. The number of amides is 2. The highest BCUT2D eigenvalue weighted by atomic mass is 16.2. The highest BCUT2D eigenvalue weighted by Gasteiger charge is 2.42. The Labute approximate surface area is 376 Å². The molecule has 2 aromatic carbocycles. The molecule has 2 aromatic rings. The van der Waals surface area contributed by atoms with E-state index in [4.69, 9.17) is 68.2 Å². The molecule has 64 heavy (non-hydrogen) atoms. The first-order valence-electron chi connectivity index (χ1n) is 21.9. The summed E-state index contributed by atoms with van der Waals surface area (Å²) >= 11 is 0. The molecule has 0 saturated heterocycles. The van der Waals surface area contributed by atoms with Crippen LogP contribution in [0.2, 0.25) is 0 Å². The molecule has 0 aromatic heterocycles. The Morgan fingerprint density at radius 1 is 0.516 bits per heavy atom. The molecule has 2 rings (SSSR count). The van der Waals surface area contributed by atoms with E-state index < -0.39 is 58.1 Å². The lowest BCUT2D eigenvalue weighted by atomic mass is 9.88. The predicted octanol–water partition coefficient (Wildman–Crippen LogP) is -0.141. The monoisotopic (exact) mass is 891 g/mol. The highest BCUT2D eigenvalue weighted by Crippen LogP contribution is 2.19. The van der Waals surface area contributed by atoms with Crippen molar-refractivity contribution < 1.29 is 19.2 Å². The van der Waals surface area contributed by atoms with E-state index in [1.165, 1.54) is 0 Å². The Bertz CT molecular complexity index is 1870. The first kappa shape index (κ1) is 54.2. The summed E-state index contributed by atoms with van der Waals surface area (Å²) in [7, 11) is 0. The molecule has 20 nitrogen and oxygen atoms in total. The lowest BCUT2D eigenvalue weighted by Crippen LogP contribution is -2.68. The molecule has 24 N–H and O–H groups in total.